The normalized spacial score (nSPS) is 16.5. The number of carbonyl (C=O) groups is 1. The molecule has 122 valence electrons. The van der Waals surface area contributed by atoms with E-state index in [-0.39, 0.29) is 17.4 Å². The van der Waals surface area contributed by atoms with Gasteiger partial charge in [-0.15, -0.1) is 0 Å². The Morgan fingerprint density at radius 1 is 1.17 bits per heavy atom. The minimum atomic E-state index is -0.473. The number of hydrazine groups is 1. The summed E-state index contributed by atoms with van der Waals surface area (Å²) in [5.74, 6) is -0.542. The molecule has 1 amide bonds. The molecule has 1 heterocycles. The highest BCUT2D eigenvalue weighted by Crippen LogP contribution is 2.32. The SMILES string of the molecule is CC(=O)N1NC(c2ccc(F)cc2)=C[C@@H]1c1ccc([N+](=O)[O-])cc1. The summed E-state index contributed by atoms with van der Waals surface area (Å²) in [7, 11) is 0. The molecule has 0 fully saturated rings. The number of hydrogen-bond acceptors (Lipinski definition) is 4. The average Bonchev–Trinajstić information content (AvgIpc) is 3.01. The van der Waals surface area contributed by atoms with E-state index in [1.807, 2.05) is 6.08 Å². The minimum absolute atomic E-state index is 0.0122. The Kier molecular flexibility index (Phi) is 3.99. The number of hydrogen-bond donors (Lipinski definition) is 1. The van der Waals surface area contributed by atoms with Crippen molar-refractivity contribution in [1.82, 2.24) is 10.4 Å². The Balaban J connectivity index is 1.95. The Labute approximate surface area is 137 Å². The Morgan fingerprint density at radius 2 is 1.79 bits per heavy atom. The average molecular weight is 327 g/mol. The van der Waals surface area contributed by atoms with E-state index in [9.17, 15) is 19.3 Å². The van der Waals surface area contributed by atoms with E-state index in [1.165, 1.54) is 36.2 Å². The van der Waals surface area contributed by atoms with Crippen LogP contribution in [-0.4, -0.2) is 15.8 Å². The molecule has 0 bridgehead atoms. The van der Waals surface area contributed by atoms with Gasteiger partial charge in [-0.05, 0) is 53.6 Å². The van der Waals surface area contributed by atoms with Gasteiger partial charge in [0.1, 0.15) is 5.82 Å². The molecule has 0 unspecified atom stereocenters. The molecule has 0 saturated carbocycles. The molecule has 6 nitrogen and oxygen atoms in total. The van der Waals surface area contributed by atoms with Crippen molar-refractivity contribution in [1.29, 1.82) is 0 Å². The first-order valence-corrected chi connectivity index (χ1v) is 7.24. The van der Waals surface area contributed by atoms with Gasteiger partial charge in [-0.3, -0.25) is 20.3 Å². The molecule has 24 heavy (non-hydrogen) atoms. The van der Waals surface area contributed by atoms with E-state index < -0.39 is 11.0 Å². The molecule has 1 N–H and O–H groups in total. The molecule has 2 aromatic rings. The van der Waals surface area contributed by atoms with Gasteiger partial charge in [0.15, 0.2) is 0 Å². The van der Waals surface area contributed by atoms with E-state index in [0.29, 0.717) is 5.70 Å². The van der Waals surface area contributed by atoms with Crippen molar-refractivity contribution < 1.29 is 14.1 Å². The molecular weight excluding hydrogens is 313 g/mol. The molecule has 0 spiro atoms. The maximum atomic E-state index is 13.1. The van der Waals surface area contributed by atoms with E-state index in [4.69, 9.17) is 0 Å². The number of nitrogens with one attached hydrogen (secondary N) is 1. The molecule has 0 saturated heterocycles. The fourth-order valence-corrected chi connectivity index (χ4v) is 2.57. The zero-order chi connectivity index (χ0) is 17.3. The number of carbonyl (C=O) groups excluding carboxylic acids is 1. The van der Waals surface area contributed by atoms with Crippen LogP contribution >= 0.6 is 0 Å². The van der Waals surface area contributed by atoms with E-state index >= 15 is 0 Å². The number of nitro groups is 1. The Bertz CT molecular complexity index is 816. The third kappa shape index (κ3) is 2.96. The van der Waals surface area contributed by atoms with Crippen LogP contribution in [0.4, 0.5) is 10.1 Å². The Morgan fingerprint density at radius 3 is 2.33 bits per heavy atom. The van der Waals surface area contributed by atoms with Gasteiger partial charge in [-0.2, -0.15) is 0 Å². The predicted molar refractivity (Wildman–Crippen MR) is 85.9 cm³/mol. The molecule has 2 aromatic carbocycles. The first-order valence-electron chi connectivity index (χ1n) is 7.24. The largest absolute Gasteiger partial charge is 0.295 e. The van der Waals surface area contributed by atoms with Crippen LogP contribution in [0.15, 0.2) is 54.6 Å². The zero-order valence-corrected chi connectivity index (χ0v) is 12.8. The Hall–Kier alpha value is -3.22. The summed E-state index contributed by atoms with van der Waals surface area (Å²) in [5.41, 5.74) is 5.14. The first-order chi connectivity index (χ1) is 11.5. The number of nitro benzene ring substituents is 1. The summed E-state index contributed by atoms with van der Waals surface area (Å²) in [5, 5.41) is 12.2. The van der Waals surface area contributed by atoms with Crippen molar-refractivity contribution in [2.75, 3.05) is 0 Å². The number of halogens is 1. The van der Waals surface area contributed by atoms with Gasteiger partial charge in [-0.1, -0.05) is 0 Å². The van der Waals surface area contributed by atoms with Gasteiger partial charge in [0.2, 0.25) is 5.91 Å². The molecule has 1 aliphatic rings. The van der Waals surface area contributed by atoms with Crippen LogP contribution in [0.2, 0.25) is 0 Å². The fraction of sp³-hybridized carbons (Fsp3) is 0.118. The van der Waals surface area contributed by atoms with Crippen molar-refractivity contribution in [3.05, 3.63) is 81.7 Å². The zero-order valence-electron chi connectivity index (χ0n) is 12.8. The van der Waals surface area contributed by atoms with Crippen LogP contribution < -0.4 is 5.43 Å². The highest BCUT2D eigenvalue weighted by molar-refractivity contribution is 5.79. The topological polar surface area (TPSA) is 75.5 Å². The molecule has 0 aliphatic carbocycles. The summed E-state index contributed by atoms with van der Waals surface area (Å²) in [6.07, 6.45) is 1.83. The number of nitrogens with zero attached hydrogens (tertiary/aromatic N) is 2. The third-order valence-corrected chi connectivity index (χ3v) is 3.78. The third-order valence-electron chi connectivity index (χ3n) is 3.78. The highest BCUT2D eigenvalue weighted by Gasteiger charge is 2.29. The molecule has 1 atom stereocenters. The van der Waals surface area contributed by atoms with Gasteiger partial charge in [0.05, 0.1) is 16.7 Å². The summed E-state index contributed by atoms with van der Waals surface area (Å²) in [4.78, 5) is 22.2. The number of amides is 1. The number of rotatable bonds is 3. The van der Waals surface area contributed by atoms with Crippen molar-refractivity contribution in [3.8, 4) is 0 Å². The van der Waals surface area contributed by atoms with Gasteiger partial charge < -0.3 is 0 Å². The van der Waals surface area contributed by atoms with Crippen molar-refractivity contribution in [2.45, 2.75) is 13.0 Å². The van der Waals surface area contributed by atoms with Crippen LogP contribution in [0.25, 0.3) is 5.70 Å². The summed E-state index contributed by atoms with van der Waals surface area (Å²) in [6.45, 7) is 1.42. The second-order valence-corrected chi connectivity index (χ2v) is 5.38. The predicted octanol–water partition coefficient (Wildman–Crippen LogP) is 3.18. The summed E-state index contributed by atoms with van der Waals surface area (Å²) in [6, 6.07) is 11.5. The van der Waals surface area contributed by atoms with Gasteiger partial charge in [-0.25, -0.2) is 9.40 Å². The first kappa shape index (κ1) is 15.7. The molecule has 3 rings (SSSR count). The van der Waals surface area contributed by atoms with Gasteiger partial charge in [0, 0.05) is 19.1 Å². The maximum absolute atomic E-state index is 13.1. The highest BCUT2D eigenvalue weighted by atomic mass is 19.1. The maximum Gasteiger partial charge on any atom is 0.269 e. The lowest BCUT2D eigenvalue weighted by molar-refractivity contribution is -0.384. The minimum Gasteiger partial charge on any atom is -0.295 e. The molecular formula is C17H14FN3O3. The second-order valence-electron chi connectivity index (χ2n) is 5.38. The van der Waals surface area contributed by atoms with Crippen LogP contribution in [0, 0.1) is 15.9 Å². The van der Waals surface area contributed by atoms with Gasteiger partial charge >= 0.3 is 0 Å². The number of benzene rings is 2. The van der Waals surface area contributed by atoms with E-state index in [1.54, 1.807) is 24.3 Å². The summed E-state index contributed by atoms with van der Waals surface area (Å²) >= 11 is 0. The standard InChI is InChI=1S/C17H14FN3O3/c1-11(22)20-17(13-4-8-15(9-5-13)21(23)24)10-16(19-20)12-2-6-14(18)7-3-12/h2-10,17,19H,1H3/t17-/m1/s1. The van der Waals surface area contributed by atoms with Gasteiger partial charge in [0.25, 0.3) is 5.69 Å². The molecule has 1 aliphatic heterocycles. The lowest BCUT2D eigenvalue weighted by atomic mass is 10.0. The van der Waals surface area contributed by atoms with Crippen LogP contribution in [0.5, 0.6) is 0 Å². The molecule has 0 aromatic heterocycles. The lowest BCUT2D eigenvalue weighted by Crippen LogP contribution is -2.37. The lowest BCUT2D eigenvalue weighted by Gasteiger charge is -2.24. The van der Waals surface area contributed by atoms with Crippen LogP contribution in [0.3, 0.4) is 0 Å². The summed E-state index contributed by atoms with van der Waals surface area (Å²) < 4.78 is 13.1. The quantitative estimate of drug-likeness (QED) is 0.694. The molecule has 0 radical (unpaired) electrons. The smallest absolute Gasteiger partial charge is 0.269 e. The van der Waals surface area contributed by atoms with Crippen molar-refractivity contribution >= 4 is 17.3 Å². The molecule has 7 heteroatoms. The van der Waals surface area contributed by atoms with Crippen LogP contribution in [0.1, 0.15) is 24.1 Å². The monoisotopic (exact) mass is 327 g/mol. The second kappa shape index (κ2) is 6.11. The van der Waals surface area contributed by atoms with E-state index in [0.717, 1.165) is 11.1 Å². The number of non-ortho nitro benzene ring substituents is 1. The van der Waals surface area contributed by atoms with Crippen molar-refractivity contribution in [3.63, 3.8) is 0 Å². The fourth-order valence-electron chi connectivity index (χ4n) is 2.57. The van der Waals surface area contributed by atoms with E-state index in [2.05, 4.69) is 5.43 Å². The van der Waals surface area contributed by atoms with Crippen molar-refractivity contribution in [2.24, 2.45) is 0 Å². The van der Waals surface area contributed by atoms with Crippen LogP contribution in [-0.2, 0) is 4.79 Å².